The molecule has 2 unspecified atom stereocenters. The Morgan fingerprint density at radius 3 is 2.82 bits per heavy atom. The lowest BCUT2D eigenvalue weighted by atomic mass is 9.79. The zero-order valence-corrected chi connectivity index (χ0v) is 13.2. The van der Waals surface area contributed by atoms with E-state index in [2.05, 4.69) is 53.6 Å². The lowest BCUT2D eigenvalue weighted by Gasteiger charge is -2.43. The molecule has 2 aliphatic heterocycles. The van der Waals surface area contributed by atoms with Crippen LogP contribution in [0.2, 0.25) is 0 Å². The van der Waals surface area contributed by atoms with Gasteiger partial charge >= 0.3 is 0 Å². The highest BCUT2D eigenvalue weighted by atomic mass is 35.5. The highest BCUT2D eigenvalue weighted by Crippen LogP contribution is 2.32. The van der Waals surface area contributed by atoms with Crippen LogP contribution in [-0.4, -0.2) is 24.8 Å². The highest BCUT2D eigenvalue weighted by molar-refractivity contribution is 6.23. The first kappa shape index (κ1) is 14.2. The van der Waals surface area contributed by atoms with E-state index in [0.29, 0.717) is 11.8 Å². The molecule has 0 aromatic carbocycles. The Hall–Kier alpha value is -1.42. The van der Waals surface area contributed by atoms with Crippen LogP contribution in [-0.2, 0) is 0 Å². The van der Waals surface area contributed by atoms with Crippen molar-refractivity contribution < 1.29 is 5.01 Å². The number of quaternary nitrogens is 1. The number of hydrogen-bond acceptors (Lipinski definition) is 1. The fraction of sp³-hybridized carbons (Fsp3) is 0.389. The monoisotopic (exact) mass is 313 g/mol. The summed E-state index contributed by atoms with van der Waals surface area (Å²) in [6.45, 7) is 1.90. The molecule has 2 atom stereocenters. The lowest BCUT2D eigenvalue weighted by molar-refractivity contribution is -0.904. The normalized spacial score (nSPS) is 36.1. The van der Waals surface area contributed by atoms with E-state index >= 15 is 0 Å². The standard InChI is InChI=1S/C18H20ClN3/c19-21-22-11-15(12-22)18-16(13-6-2-1-3-7-13)10-14-8-4-5-9-17(14)20-18/h2,4-10,14-15,17,22H,1,3,11-12H2. The van der Waals surface area contributed by atoms with Gasteiger partial charge in [0.15, 0.2) is 0 Å². The molecule has 4 rings (SSSR count). The first-order valence-corrected chi connectivity index (χ1v) is 8.37. The Balaban J connectivity index is 1.66. The Labute approximate surface area is 136 Å². The minimum Gasteiger partial charge on any atom is -0.390 e. The van der Waals surface area contributed by atoms with Crippen molar-refractivity contribution in [2.75, 3.05) is 13.1 Å². The molecule has 1 saturated heterocycles. The van der Waals surface area contributed by atoms with Crippen molar-refractivity contribution in [1.82, 2.24) is 0 Å². The van der Waals surface area contributed by atoms with Crippen LogP contribution in [0.1, 0.15) is 12.8 Å². The Kier molecular flexibility index (Phi) is 3.87. The number of halogens is 1. The summed E-state index contributed by atoms with van der Waals surface area (Å²) < 4.78 is 0. The third kappa shape index (κ3) is 2.54. The fourth-order valence-electron chi connectivity index (χ4n) is 3.56. The quantitative estimate of drug-likeness (QED) is 0.830. The SMILES string of the molecule is Cl[N-][NH+]1CC(C2=NC3C=CC=CC3C=C2C2=CCCC=C2)C1. The van der Waals surface area contributed by atoms with Gasteiger partial charge in [0.2, 0.25) is 0 Å². The van der Waals surface area contributed by atoms with Gasteiger partial charge in [-0.15, -0.1) is 0 Å². The van der Waals surface area contributed by atoms with E-state index in [1.54, 1.807) is 0 Å². The molecule has 2 heterocycles. The number of allylic oxidation sites excluding steroid dienone is 7. The highest BCUT2D eigenvalue weighted by Gasteiger charge is 2.37. The molecule has 0 saturated carbocycles. The molecular formula is C18H20ClN3. The third-order valence-corrected chi connectivity index (χ3v) is 5.09. The van der Waals surface area contributed by atoms with Gasteiger partial charge in [0.25, 0.3) is 0 Å². The van der Waals surface area contributed by atoms with Crippen LogP contribution in [0.25, 0.3) is 4.94 Å². The molecule has 3 nitrogen and oxygen atoms in total. The first-order valence-electron chi connectivity index (χ1n) is 8.04. The van der Waals surface area contributed by atoms with E-state index in [9.17, 15) is 0 Å². The first-order chi connectivity index (χ1) is 10.8. The molecule has 0 aromatic heterocycles. The summed E-state index contributed by atoms with van der Waals surface area (Å²) >= 11 is 5.59. The second-order valence-corrected chi connectivity index (χ2v) is 6.50. The largest absolute Gasteiger partial charge is 0.390 e. The summed E-state index contributed by atoms with van der Waals surface area (Å²) in [4.78, 5) is 8.91. The van der Waals surface area contributed by atoms with Crippen LogP contribution in [0.3, 0.4) is 0 Å². The van der Waals surface area contributed by atoms with E-state index in [1.165, 1.54) is 16.9 Å². The van der Waals surface area contributed by atoms with Crippen LogP contribution in [0, 0.1) is 11.8 Å². The van der Waals surface area contributed by atoms with Gasteiger partial charge in [0, 0.05) is 5.92 Å². The molecule has 1 N–H and O–H groups in total. The number of dihydropyridines is 1. The smallest absolute Gasteiger partial charge is 0.0982 e. The molecule has 1 fully saturated rings. The maximum Gasteiger partial charge on any atom is 0.0982 e. The van der Waals surface area contributed by atoms with E-state index in [4.69, 9.17) is 16.8 Å². The number of nitrogens with zero attached hydrogens (tertiary/aromatic N) is 2. The van der Waals surface area contributed by atoms with Crippen LogP contribution in [0.4, 0.5) is 0 Å². The molecular weight excluding hydrogens is 294 g/mol. The number of hydrogen-bond donors (Lipinski definition) is 1. The number of rotatable bonds is 3. The molecule has 4 aliphatic rings. The van der Waals surface area contributed by atoms with Gasteiger partial charge in [-0.2, -0.15) is 0 Å². The minimum absolute atomic E-state index is 0.258. The van der Waals surface area contributed by atoms with E-state index < -0.39 is 0 Å². The molecule has 2 aliphatic carbocycles. The molecule has 114 valence electrons. The summed E-state index contributed by atoms with van der Waals surface area (Å²) in [6.07, 6.45) is 20.2. The lowest BCUT2D eigenvalue weighted by Crippen LogP contribution is -3.16. The van der Waals surface area contributed by atoms with E-state index in [0.717, 1.165) is 30.9 Å². The molecule has 0 amide bonds. The van der Waals surface area contributed by atoms with Gasteiger partial charge in [-0.25, -0.2) is 11.8 Å². The maximum absolute atomic E-state index is 5.59. The van der Waals surface area contributed by atoms with Gasteiger partial charge in [-0.05, 0) is 24.0 Å². The second-order valence-electron chi connectivity index (χ2n) is 6.33. The maximum atomic E-state index is 5.59. The Bertz CT molecular complexity index is 633. The Morgan fingerprint density at radius 1 is 1.18 bits per heavy atom. The Morgan fingerprint density at radius 2 is 2.05 bits per heavy atom. The molecule has 4 heteroatoms. The summed E-state index contributed by atoms with van der Waals surface area (Å²) in [7, 11) is 0. The topological polar surface area (TPSA) is 30.9 Å². The fourth-order valence-corrected chi connectivity index (χ4v) is 3.70. The van der Waals surface area contributed by atoms with Crippen molar-refractivity contribution in [3.63, 3.8) is 0 Å². The predicted molar refractivity (Wildman–Crippen MR) is 90.9 cm³/mol. The summed E-state index contributed by atoms with van der Waals surface area (Å²) in [5.74, 6) is 0.862. The summed E-state index contributed by atoms with van der Waals surface area (Å²) in [5.41, 5.74) is 3.92. The van der Waals surface area contributed by atoms with Gasteiger partial charge in [-0.3, -0.25) is 4.99 Å². The molecule has 0 radical (unpaired) electrons. The van der Waals surface area contributed by atoms with Crippen molar-refractivity contribution in [3.05, 3.63) is 64.7 Å². The van der Waals surface area contributed by atoms with Gasteiger partial charge in [-0.1, -0.05) is 48.6 Å². The van der Waals surface area contributed by atoms with Gasteiger partial charge < -0.3 is 9.95 Å². The van der Waals surface area contributed by atoms with Gasteiger partial charge in [0.05, 0.1) is 30.8 Å². The van der Waals surface area contributed by atoms with Crippen LogP contribution < -0.4 is 5.01 Å². The molecule has 0 spiro atoms. The van der Waals surface area contributed by atoms with Crippen LogP contribution in [0.15, 0.2) is 64.7 Å². The second kappa shape index (κ2) is 5.99. The average molecular weight is 314 g/mol. The number of aliphatic imine (C=N–C) groups is 1. The van der Waals surface area contributed by atoms with Crippen LogP contribution >= 0.6 is 11.8 Å². The number of fused-ring (bicyclic) bond motifs is 1. The molecule has 0 bridgehead atoms. The van der Waals surface area contributed by atoms with Crippen LogP contribution in [0.5, 0.6) is 0 Å². The molecule has 0 aromatic rings. The van der Waals surface area contributed by atoms with Gasteiger partial charge in [0.1, 0.15) is 0 Å². The third-order valence-electron chi connectivity index (χ3n) is 4.85. The zero-order valence-electron chi connectivity index (χ0n) is 12.5. The summed E-state index contributed by atoms with van der Waals surface area (Å²) in [5, 5.41) is 1.10. The van der Waals surface area contributed by atoms with Crippen molar-refractivity contribution in [3.8, 4) is 0 Å². The van der Waals surface area contributed by atoms with Crippen molar-refractivity contribution in [2.24, 2.45) is 16.8 Å². The molecule has 22 heavy (non-hydrogen) atoms. The summed E-state index contributed by atoms with van der Waals surface area (Å²) in [6, 6.07) is 0.258. The van der Waals surface area contributed by atoms with Crippen molar-refractivity contribution in [1.29, 1.82) is 0 Å². The van der Waals surface area contributed by atoms with E-state index in [1.807, 2.05) is 0 Å². The van der Waals surface area contributed by atoms with Crippen molar-refractivity contribution >= 4 is 17.5 Å². The predicted octanol–water partition coefficient (Wildman–Crippen LogP) is 2.71. The zero-order chi connectivity index (χ0) is 14.9. The minimum atomic E-state index is 0.258. The number of nitrogens with one attached hydrogen (secondary N) is 1. The van der Waals surface area contributed by atoms with E-state index in [-0.39, 0.29) is 6.04 Å². The van der Waals surface area contributed by atoms with Crippen molar-refractivity contribution in [2.45, 2.75) is 18.9 Å². The average Bonchev–Trinajstić information content (AvgIpc) is 2.54.